The first-order chi connectivity index (χ1) is 9.63. The molecule has 0 aliphatic rings. The summed E-state index contributed by atoms with van der Waals surface area (Å²) in [5, 5.41) is 15.0. The van der Waals surface area contributed by atoms with Gasteiger partial charge in [0, 0.05) is 18.5 Å². The fourth-order valence-corrected chi connectivity index (χ4v) is 2.31. The standard InChI is InChI=1S/C15H17N3O2/c1-10(2)6-11-7-12(20-17-11)8-18-9-14-13(15(18)19)4-3-5-16-14/h3-5,7,9-10,19H,6,8H2,1-2H3. The second-order valence-electron chi connectivity index (χ2n) is 5.40. The monoisotopic (exact) mass is 271 g/mol. The highest BCUT2D eigenvalue weighted by atomic mass is 16.5. The van der Waals surface area contributed by atoms with Gasteiger partial charge in [0.2, 0.25) is 5.88 Å². The first kappa shape index (κ1) is 12.7. The number of pyridine rings is 1. The van der Waals surface area contributed by atoms with Crippen LogP contribution in [-0.2, 0) is 13.0 Å². The van der Waals surface area contributed by atoms with Crippen LogP contribution in [0.4, 0.5) is 0 Å². The van der Waals surface area contributed by atoms with Crippen molar-refractivity contribution in [3.8, 4) is 5.88 Å². The summed E-state index contributed by atoms with van der Waals surface area (Å²) < 4.78 is 7.04. The van der Waals surface area contributed by atoms with Gasteiger partial charge in [0.25, 0.3) is 0 Å². The average molecular weight is 271 g/mol. The Bertz CT molecular complexity index is 728. The molecule has 0 unspecified atom stereocenters. The molecule has 3 aromatic heterocycles. The van der Waals surface area contributed by atoms with Gasteiger partial charge < -0.3 is 14.2 Å². The van der Waals surface area contributed by atoms with E-state index in [2.05, 4.69) is 24.0 Å². The molecule has 3 rings (SSSR count). The molecule has 0 spiro atoms. The van der Waals surface area contributed by atoms with Gasteiger partial charge in [0.15, 0.2) is 5.76 Å². The predicted octanol–water partition coefficient (Wildman–Crippen LogP) is 2.98. The molecule has 5 nitrogen and oxygen atoms in total. The quantitative estimate of drug-likeness (QED) is 0.792. The van der Waals surface area contributed by atoms with Crippen molar-refractivity contribution in [3.63, 3.8) is 0 Å². The number of hydrogen-bond donors (Lipinski definition) is 1. The van der Waals surface area contributed by atoms with Crippen molar-refractivity contribution in [3.05, 3.63) is 42.0 Å². The lowest BCUT2D eigenvalue weighted by molar-refractivity contribution is 0.357. The molecule has 3 heterocycles. The van der Waals surface area contributed by atoms with E-state index in [1.54, 1.807) is 10.8 Å². The van der Waals surface area contributed by atoms with E-state index in [-0.39, 0.29) is 5.88 Å². The van der Waals surface area contributed by atoms with Crippen LogP contribution in [0.1, 0.15) is 25.3 Å². The van der Waals surface area contributed by atoms with Crippen LogP contribution < -0.4 is 0 Å². The highest BCUT2D eigenvalue weighted by molar-refractivity contribution is 5.84. The molecular weight excluding hydrogens is 254 g/mol. The highest BCUT2D eigenvalue weighted by Crippen LogP contribution is 2.26. The minimum Gasteiger partial charge on any atom is -0.494 e. The van der Waals surface area contributed by atoms with E-state index in [9.17, 15) is 5.11 Å². The van der Waals surface area contributed by atoms with Gasteiger partial charge >= 0.3 is 0 Å². The van der Waals surface area contributed by atoms with Gasteiger partial charge in [-0.05, 0) is 24.5 Å². The Morgan fingerprint density at radius 2 is 2.25 bits per heavy atom. The average Bonchev–Trinajstić information content (AvgIpc) is 2.96. The summed E-state index contributed by atoms with van der Waals surface area (Å²) in [5.41, 5.74) is 1.72. The maximum atomic E-state index is 10.2. The Hall–Kier alpha value is -2.30. The second-order valence-corrected chi connectivity index (χ2v) is 5.40. The number of aromatic nitrogens is 3. The summed E-state index contributed by atoms with van der Waals surface area (Å²) in [6, 6.07) is 5.60. The van der Waals surface area contributed by atoms with Crippen molar-refractivity contribution in [1.82, 2.24) is 14.7 Å². The number of fused-ring (bicyclic) bond motifs is 1. The highest BCUT2D eigenvalue weighted by Gasteiger charge is 2.12. The number of aromatic hydroxyl groups is 1. The molecule has 0 amide bonds. The molecular formula is C15H17N3O2. The first-order valence-corrected chi connectivity index (χ1v) is 6.71. The van der Waals surface area contributed by atoms with Gasteiger partial charge in [-0.15, -0.1) is 0 Å². The molecule has 3 aromatic rings. The van der Waals surface area contributed by atoms with E-state index in [0.29, 0.717) is 12.5 Å². The van der Waals surface area contributed by atoms with Crippen molar-refractivity contribution < 1.29 is 9.63 Å². The molecule has 0 saturated heterocycles. The second kappa shape index (κ2) is 5.00. The van der Waals surface area contributed by atoms with Gasteiger partial charge in [0.1, 0.15) is 0 Å². The third kappa shape index (κ3) is 2.39. The van der Waals surface area contributed by atoms with E-state index in [1.807, 2.05) is 24.4 Å². The fraction of sp³-hybridized carbons (Fsp3) is 0.333. The largest absolute Gasteiger partial charge is 0.494 e. The number of hydrogen-bond acceptors (Lipinski definition) is 4. The summed E-state index contributed by atoms with van der Waals surface area (Å²) in [4.78, 5) is 4.22. The fourth-order valence-electron chi connectivity index (χ4n) is 2.31. The molecule has 0 fully saturated rings. The molecule has 1 N–H and O–H groups in total. The molecule has 0 radical (unpaired) electrons. The molecule has 0 aliphatic heterocycles. The van der Waals surface area contributed by atoms with E-state index in [0.717, 1.165) is 28.8 Å². The van der Waals surface area contributed by atoms with Gasteiger partial charge in [-0.1, -0.05) is 19.0 Å². The zero-order valence-electron chi connectivity index (χ0n) is 11.6. The van der Waals surface area contributed by atoms with E-state index in [1.165, 1.54) is 0 Å². The van der Waals surface area contributed by atoms with Crippen molar-refractivity contribution in [2.75, 3.05) is 0 Å². The summed E-state index contributed by atoms with van der Waals surface area (Å²) in [6.45, 7) is 4.74. The smallest absolute Gasteiger partial charge is 0.201 e. The van der Waals surface area contributed by atoms with Crippen LogP contribution >= 0.6 is 0 Å². The van der Waals surface area contributed by atoms with E-state index in [4.69, 9.17) is 4.52 Å². The van der Waals surface area contributed by atoms with Crippen molar-refractivity contribution in [2.45, 2.75) is 26.8 Å². The summed E-state index contributed by atoms with van der Waals surface area (Å²) in [6.07, 6.45) is 4.42. The number of nitrogens with zero attached hydrogens (tertiary/aromatic N) is 3. The summed E-state index contributed by atoms with van der Waals surface area (Å²) in [5.74, 6) is 1.48. The Morgan fingerprint density at radius 1 is 1.40 bits per heavy atom. The molecule has 104 valence electrons. The predicted molar refractivity (Wildman–Crippen MR) is 75.5 cm³/mol. The molecule has 0 bridgehead atoms. The van der Waals surface area contributed by atoms with Crippen LogP contribution in [0.3, 0.4) is 0 Å². The Balaban J connectivity index is 1.85. The van der Waals surface area contributed by atoms with Gasteiger partial charge in [-0.2, -0.15) is 0 Å². The van der Waals surface area contributed by atoms with Crippen molar-refractivity contribution in [2.24, 2.45) is 5.92 Å². The molecule has 5 heteroatoms. The summed E-state index contributed by atoms with van der Waals surface area (Å²) in [7, 11) is 0. The van der Waals surface area contributed by atoms with E-state index < -0.39 is 0 Å². The van der Waals surface area contributed by atoms with Gasteiger partial charge in [0.05, 0.1) is 23.1 Å². The number of rotatable bonds is 4. The molecule has 0 saturated carbocycles. The van der Waals surface area contributed by atoms with Crippen LogP contribution in [0.5, 0.6) is 5.88 Å². The first-order valence-electron chi connectivity index (χ1n) is 6.71. The van der Waals surface area contributed by atoms with Crippen LogP contribution in [0.15, 0.2) is 35.1 Å². The lowest BCUT2D eigenvalue weighted by atomic mass is 10.1. The minimum absolute atomic E-state index is 0.204. The lowest BCUT2D eigenvalue weighted by Crippen LogP contribution is -1.96. The third-order valence-corrected chi connectivity index (χ3v) is 3.18. The van der Waals surface area contributed by atoms with Crippen LogP contribution in [-0.4, -0.2) is 19.8 Å². The van der Waals surface area contributed by atoms with Crippen molar-refractivity contribution >= 4 is 10.9 Å². The van der Waals surface area contributed by atoms with Crippen LogP contribution in [0, 0.1) is 5.92 Å². The maximum Gasteiger partial charge on any atom is 0.201 e. The Morgan fingerprint density at radius 3 is 3.00 bits per heavy atom. The Labute approximate surface area is 116 Å². The third-order valence-electron chi connectivity index (χ3n) is 3.18. The molecule has 0 aliphatic carbocycles. The van der Waals surface area contributed by atoms with Gasteiger partial charge in [-0.25, -0.2) is 0 Å². The topological polar surface area (TPSA) is 64.1 Å². The Kier molecular flexibility index (Phi) is 3.18. The maximum absolute atomic E-state index is 10.2. The zero-order chi connectivity index (χ0) is 14.1. The van der Waals surface area contributed by atoms with E-state index >= 15 is 0 Å². The molecule has 20 heavy (non-hydrogen) atoms. The zero-order valence-corrected chi connectivity index (χ0v) is 11.6. The summed E-state index contributed by atoms with van der Waals surface area (Å²) >= 11 is 0. The van der Waals surface area contributed by atoms with Crippen LogP contribution in [0.2, 0.25) is 0 Å². The van der Waals surface area contributed by atoms with Crippen molar-refractivity contribution in [1.29, 1.82) is 0 Å². The van der Waals surface area contributed by atoms with Gasteiger partial charge in [-0.3, -0.25) is 4.98 Å². The minimum atomic E-state index is 0.204. The lowest BCUT2D eigenvalue weighted by Gasteiger charge is -2.00. The molecule has 0 atom stereocenters. The molecule has 0 aromatic carbocycles. The normalized spacial score (nSPS) is 11.6. The SMILES string of the molecule is CC(C)Cc1cc(Cn2cc3ncccc3c2O)on1. The van der Waals surface area contributed by atoms with Crippen LogP contribution in [0.25, 0.3) is 10.9 Å².